The Balaban J connectivity index is 3.17. The Morgan fingerprint density at radius 3 is 2.55 bits per heavy atom. The van der Waals surface area contributed by atoms with Crippen molar-refractivity contribution in [2.45, 2.75) is 19.9 Å². The van der Waals surface area contributed by atoms with Crippen LogP contribution in [0.4, 0.5) is 0 Å². The molecular formula is C9H12IN. The lowest BCUT2D eigenvalue weighted by Crippen LogP contribution is -2.07. The monoisotopic (exact) mass is 261 g/mol. The highest BCUT2D eigenvalue weighted by atomic mass is 127. The third-order valence-corrected chi connectivity index (χ3v) is 3.19. The van der Waals surface area contributed by atoms with Crippen LogP contribution >= 0.6 is 22.6 Å². The van der Waals surface area contributed by atoms with E-state index in [1.807, 2.05) is 6.92 Å². The first-order valence-electron chi connectivity index (χ1n) is 3.63. The summed E-state index contributed by atoms with van der Waals surface area (Å²) >= 11 is 2.34. The molecular weight excluding hydrogens is 249 g/mol. The average molecular weight is 261 g/mol. The summed E-state index contributed by atoms with van der Waals surface area (Å²) < 4.78 is 1.29. The molecule has 0 aliphatic rings. The van der Waals surface area contributed by atoms with Gasteiger partial charge in [0, 0.05) is 9.61 Å². The van der Waals surface area contributed by atoms with Gasteiger partial charge in [0.2, 0.25) is 0 Å². The maximum Gasteiger partial charge on any atom is 0.0276 e. The second kappa shape index (κ2) is 3.54. The summed E-state index contributed by atoms with van der Waals surface area (Å²) in [6, 6.07) is 6.38. The van der Waals surface area contributed by atoms with Crippen molar-refractivity contribution in [3.8, 4) is 0 Å². The molecule has 0 saturated carbocycles. The highest BCUT2D eigenvalue weighted by molar-refractivity contribution is 14.1. The molecule has 0 saturated heterocycles. The van der Waals surface area contributed by atoms with Crippen molar-refractivity contribution in [2.24, 2.45) is 5.73 Å². The summed E-state index contributed by atoms with van der Waals surface area (Å²) in [5.41, 5.74) is 8.33. The molecule has 0 aliphatic carbocycles. The molecule has 0 aromatic heterocycles. The Bertz CT molecular complexity index is 256. The molecule has 0 spiro atoms. The van der Waals surface area contributed by atoms with Gasteiger partial charge in [0.15, 0.2) is 0 Å². The zero-order valence-electron chi connectivity index (χ0n) is 6.76. The Labute approximate surface area is 81.1 Å². The van der Waals surface area contributed by atoms with Gasteiger partial charge < -0.3 is 5.73 Å². The SMILES string of the molecule is Cc1cccc(C(C)N)c1I. The molecule has 1 atom stereocenters. The second-order valence-corrected chi connectivity index (χ2v) is 3.85. The Hall–Kier alpha value is -0.0900. The van der Waals surface area contributed by atoms with Crippen LogP contribution in [0.2, 0.25) is 0 Å². The summed E-state index contributed by atoms with van der Waals surface area (Å²) in [6.45, 7) is 4.12. The molecule has 1 aromatic rings. The molecule has 0 radical (unpaired) electrons. The summed E-state index contributed by atoms with van der Waals surface area (Å²) in [6.07, 6.45) is 0. The van der Waals surface area contributed by atoms with Crippen molar-refractivity contribution in [1.82, 2.24) is 0 Å². The fourth-order valence-electron chi connectivity index (χ4n) is 1.02. The van der Waals surface area contributed by atoms with E-state index in [0.717, 1.165) is 0 Å². The first-order valence-corrected chi connectivity index (χ1v) is 4.71. The molecule has 0 heterocycles. The van der Waals surface area contributed by atoms with Crippen LogP contribution in [0, 0.1) is 10.5 Å². The van der Waals surface area contributed by atoms with Gasteiger partial charge in [0.1, 0.15) is 0 Å². The number of hydrogen-bond donors (Lipinski definition) is 1. The van der Waals surface area contributed by atoms with Crippen molar-refractivity contribution in [3.05, 3.63) is 32.9 Å². The minimum Gasteiger partial charge on any atom is -0.324 e. The minimum absolute atomic E-state index is 0.141. The topological polar surface area (TPSA) is 26.0 Å². The van der Waals surface area contributed by atoms with Crippen molar-refractivity contribution in [3.63, 3.8) is 0 Å². The summed E-state index contributed by atoms with van der Waals surface area (Å²) in [5, 5.41) is 0. The van der Waals surface area contributed by atoms with Gasteiger partial charge in [-0.05, 0) is 47.6 Å². The number of aryl methyl sites for hydroxylation is 1. The third-order valence-electron chi connectivity index (χ3n) is 1.71. The molecule has 1 nitrogen and oxygen atoms in total. The zero-order chi connectivity index (χ0) is 8.43. The molecule has 0 aliphatic heterocycles. The highest BCUT2D eigenvalue weighted by Crippen LogP contribution is 2.20. The van der Waals surface area contributed by atoms with Crippen LogP contribution < -0.4 is 5.73 Å². The van der Waals surface area contributed by atoms with Crippen LogP contribution in [0.25, 0.3) is 0 Å². The van der Waals surface area contributed by atoms with E-state index < -0.39 is 0 Å². The van der Waals surface area contributed by atoms with Crippen LogP contribution in [0.5, 0.6) is 0 Å². The number of rotatable bonds is 1. The van der Waals surface area contributed by atoms with Crippen molar-refractivity contribution >= 4 is 22.6 Å². The lowest BCUT2D eigenvalue weighted by Gasteiger charge is -2.09. The molecule has 0 fully saturated rings. The maximum absolute atomic E-state index is 5.78. The molecule has 0 bridgehead atoms. The van der Waals surface area contributed by atoms with Crippen molar-refractivity contribution < 1.29 is 0 Å². The number of halogens is 1. The molecule has 1 rings (SSSR count). The van der Waals surface area contributed by atoms with Crippen LogP contribution in [-0.4, -0.2) is 0 Å². The summed E-state index contributed by atoms with van der Waals surface area (Å²) in [5.74, 6) is 0. The molecule has 60 valence electrons. The van der Waals surface area contributed by atoms with Crippen LogP contribution in [0.3, 0.4) is 0 Å². The Morgan fingerprint density at radius 1 is 1.45 bits per heavy atom. The van der Waals surface area contributed by atoms with E-state index >= 15 is 0 Å². The second-order valence-electron chi connectivity index (χ2n) is 2.77. The van der Waals surface area contributed by atoms with Gasteiger partial charge in [-0.25, -0.2) is 0 Å². The normalized spacial score (nSPS) is 13.1. The van der Waals surface area contributed by atoms with E-state index in [1.165, 1.54) is 14.7 Å². The van der Waals surface area contributed by atoms with Gasteiger partial charge in [-0.15, -0.1) is 0 Å². The fraction of sp³-hybridized carbons (Fsp3) is 0.333. The Kier molecular flexibility index (Phi) is 2.90. The van der Waals surface area contributed by atoms with Crippen molar-refractivity contribution in [1.29, 1.82) is 0 Å². The molecule has 11 heavy (non-hydrogen) atoms. The molecule has 0 amide bonds. The van der Waals surface area contributed by atoms with E-state index in [9.17, 15) is 0 Å². The predicted octanol–water partition coefficient (Wildman–Crippen LogP) is 2.62. The highest BCUT2D eigenvalue weighted by Gasteiger charge is 2.04. The predicted molar refractivity (Wildman–Crippen MR) is 56.5 cm³/mol. The molecule has 2 heteroatoms. The van der Waals surface area contributed by atoms with E-state index in [0.29, 0.717) is 0 Å². The van der Waals surface area contributed by atoms with E-state index in [2.05, 4.69) is 47.7 Å². The lowest BCUT2D eigenvalue weighted by molar-refractivity contribution is 0.811. The largest absolute Gasteiger partial charge is 0.324 e. The number of nitrogens with two attached hydrogens (primary N) is 1. The first-order chi connectivity index (χ1) is 5.13. The standard InChI is InChI=1S/C9H12IN/c1-6-4-3-5-8(7(2)11)9(6)10/h3-5,7H,11H2,1-2H3. The van der Waals surface area contributed by atoms with Crippen LogP contribution in [-0.2, 0) is 0 Å². The van der Waals surface area contributed by atoms with Gasteiger partial charge in [-0.1, -0.05) is 18.2 Å². The summed E-state index contributed by atoms with van der Waals surface area (Å²) in [4.78, 5) is 0. The van der Waals surface area contributed by atoms with E-state index in [4.69, 9.17) is 5.73 Å². The van der Waals surface area contributed by atoms with Crippen molar-refractivity contribution in [2.75, 3.05) is 0 Å². The molecule has 2 N–H and O–H groups in total. The first kappa shape index (κ1) is 9.00. The fourth-order valence-corrected chi connectivity index (χ4v) is 1.87. The van der Waals surface area contributed by atoms with E-state index in [-0.39, 0.29) is 6.04 Å². The van der Waals surface area contributed by atoms with Crippen LogP contribution in [0.1, 0.15) is 24.1 Å². The van der Waals surface area contributed by atoms with E-state index in [1.54, 1.807) is 0 Å². The van der Waals surface area contributed by atoms with Gasteiger partial charge in [0.05, 0.1) is 0 Å². The minimum atomic E-state index is 0.141. The van der Waals surface area contributed by atoms with Crippen LogP contribution in [0.15, 0.2) is 18.2 Å². The van der Waals surface area contributed by atoms with Gasteiger partial charge in [-0.2, -0.15) is 0 Å². The maximum atomic E-state index is 5.78. The quantitative estimate of drug-likeness (QED) is 0.772. The number of benzene rings is 1. The average Bonchev–Trinajstić information content (AvgIpc) is 1.94. The molecule has 1 aromatic carbocycles. The van der Waals surface area contributed by atoms with Gasteiger partial charge in [0.25, 0.3) is 0 Å². The number of hydrogen-bond acceptors (Lipinski definition) is 1. The smallest absolute Gasteiger partial charge is 0.0276 e. The summed E-state index contributed by atoms with van der Waals surface area (Å²) in [7, 11) is 0. The van der Waals surface area contributed by atoms with Gasteiger partial charge >= 0.3 is 0 Å². The lowest BCUT2D eigenvalue weighted by atomic mass is 10.1. The molecule has 1 unspecified atom stereocenters. The third kappa shape index (κ3) is 1.93. The van der Waals surface area contributed by atoms with Gasteiger partial charge in [-0.3, -0.25) is 0 Å². The zero-order valence-corrected chi connectivity index (χ0v) is 8.92. The Morgan fingerprint density at radius 2 is 2.09 bits per heavy atom.